The average molecular weight is 246 g/mol. The van der Waals surface area contributed by atoms with Crippen LogP contribution in [-0.2, 0) is 4.79 Å². The number of aliphatic carboxylic acids is 1. The van der Waals surface area contributed by atoms with Gasteiger partial charge < -0.3 is 10.0 Å². The number of carbonyl (C=O) groups excluding carboxylic acids is 1. The molecule has 0 aliphatic rings. The van der Waals surface area contributed by atoms with Crippen molar-refractivity contribution in [2.24, 2.45) is 0 Å². The Morgan fingerprint density at radius 2 is 1.94 bits per heavy atom. The monoisotopic (exact) mass is 246 g/mol. The van der Waals surface area contributed by atoms with Gasteiger partial charge in [0.05, 0.1) is 11.6 Å². The highest BCUT2D eigenvalue weighted by atomic mass is 16.4. The molecule has 0 atom stereocenters. The second-order valence-electron chi connectivity index (χ2n) is 3.81. The minimum Gasteiger partial charge on any atom is -0.480 e. The molecule has 0 aromatic heterocycles. The molecule has 0 radical (unpaired) electrons. The van der Waals surface area contributed by atoms with E-state index in [0.717, 1.165) is 0 Å². The molecule has 0 unspecified atom stereocenters. The van der Waals surface area contributed by atoms with E-state index in [1.165, 1.54) is 29.2 Å². The number of carboxylic acid groups (broad SMARTS) is 1. The van der Waals surface area contributed by atoms with Crippen LogP contribution in [0.1, 0.15) is 29.3 Å². The standard InChI is InChI=1S/C13H14N2O3/c1-2-7-15(9-12(16)17)13(18)11-5-3-10(8-14)4-6-11/h3-6H,2,7,9H2,1H3,(H,16,17). The molecule has 0 heterocycles. The summed E-state index contributed by atoms with van der Waals surface area (Å²) in [5, 5.41) is 17.4. The molecule has 94 valence electrons. The van der Waals surface area contributed by atoms with Crippen molar-refractivity contribution in [2.45, 2.75) is 13.3 Å². The summed E-state index contributed by atoms with van der Waals surface area (Å²) in [5.74, 6) is -1.37. The number of carboxylic acids is 1. The molecule has 1 rings (SSSR count). The van der Waals surface area contributed by atoms with E-state index in [2.05, 4.69) is 0 Å². The van der Waals surface area contributed by atoms with E-state index >= 15 is 0 Å². The Labute approximate surface area is 105 Å². The fraction of sp³-hybridized carbons (Fsp3) is 0.308. The van der Waals surface area contributed by atoms with Crippen molar-refractivity contribution in [3.63, 3.8) is 0 Å². The zero-order chi connectivity index (χ0) is 13.5. The number of hydrogen-bond donors (Lipinski definition) is 1. The summed E-state index contributed by atoms with van der Waals surface area (Å²) >= 11 is 0. The molecular weight excluding hydrogens is 232 g/mol. The minimum atomic E-state index is -1.04. The summed E-state index contributed by atoms with van der Waals surface area (Å²) < 4.78 is 0. The molecule has 0 saturated carbocycles. The van der Waals surface area contributed by atoms with E-state index in [1.54, 1.807) is 0 Å². The second-order valence-corrected chi connectivity index (χ2v) is 3.81. The summed E-state index contributed by atoms with van der Waals surface area (Å²) in [5.41, 5.74) is 0.857. The van der Waals surface area contributed by atoms with Crippen LogP contribution in [0.15, 0.2) is 24.3 Å². The summed E-state index contributed by atoms with van der Waals surface area (Å²) in [7, 11) is 0. The van der Waals surface area contributed by atoms with Crippen LogP contribution in [0.5, 0.6) is 0 Å². The Morgan fingerprint density at radius 1 is 1.33 bits per heavy atom. The van der Waals surface area contributed by atoms with E-state index in [0.29, 0.717) is 24.1 Å². The smallest absolute Gasteiger partial charge is 0.323 e. The topological polar surface area (TPSA) is 81.4 Å². The maximum Gasteiger partial charge on any atom is 0.323 e. The van der Waals surface area contributed by atoms with Crippen LogP contribution >= 0.6 is 0 Å². The molecule has 1 N–H and O–H groups in total. The third kappa shape index (κ3) is 3.59. The Morgan fingerprint density at radius 3 is 2.39 bits per heavy atom. The average Bonchev–Trinajstić information content (AvgIpc) is 2.37. The van der Waals surface area contributed by atoms with Crippen molar-refractivity contribution >= 4 is 11.9 Å². The molecule has 1 aromatic carbocycles. The Hall–Kier alpha value is -2.35. The molecule has 0 aliphatic heterocycles. The van der Waals surface area contributed by atoms with Gasteiger partial charge in [-0.15, -0.1) is 0 Å². The highest BCUT2D eigenvalue weighted by molar-refractivity contribution is 5.95. The van der Waals surface area contributed by atoms with E-state index < -0.39 is 5.97 Å². The lowest BCUT2D eigenvalue weighted by Crippen LogP contribution is -2.36. The highest BCUT2D eigenvalue weighted by Gasteiger charge is 2.17. The van der Waals surface area contributed by atoms with Crippen molar-refractivity contribution in [1.29, 1.82) is 5.26 Å². The molecule has 0 saturated heterocycles. The predicted molar refractivity (Wildman–Crippen MR) is 65.0 cm³/mol. The maximum absolute atomic E-state index is 12.0. The zero-order valence-electron chi connectivity index (χ0n) is 10.1. The van der Waals surface area contributed by atoms with Crippen LogP contribution in [0, 0.1) is 11.3 Å². The lowest BCUT2D eigenvalue weighted by atomic mass is 10.1. The number of carbonyl (C=O) groups is 2. The van der Waals surface area contributed by atoms with Gasteiger partial charge in [0.25, 0.3) is 5.91 Å². The molecular formula is C13H14N2O3. The number of benzene rings is 1. The number of hydrogen-bond acceptors (Lipinski definition) is 3. The number of nitrogens with zero attached hydrogens (tertiary/aromatic N) is 2. The first-order chi connectivity index (χ1) is 8.58. The van der Waals surface area contributed by atoms with Gasteiger partial charge in [-0.3, -0.25) is 9.59 Å². The van der Waals surface area contributed by atoms with Crippen LogP contribution in [0.2, 0.25) is 0 Å². The van der Waals surface area contributed by atoms with Crippen molar-refractivity contribution in [3.05, 3.63) is 35.4 Å². The summed E-state index contributed by atoms with van der Waals surface area (Å²) in [6.45, 7) is 1.96. The lowest BCUT2D eigenvalue weighted by Gasteiger charge is -2.19. The van der Waals surface area contributed by atoms with Gasteiger partial charge in [0.15, 0.2) is 0 Å². The number of nitriles is 1. The normalized spacial score (nSPS) is 9.56. The first kappa shape index (κ1) is 13.7. The molecule has 5 heteroatoms. The molecule has 0 aliphatic carbocycles. The number of amides is 1. The Bertz CT molecular complexity index is 474. The van der Waals surface area contributed by atoms with Gasteiger partial charge in [-0.1, -0.05) is 6.92 Å². The van der Waals surface area contributed by atoms with Crippen LogP contribution < -0.4 is 0 Å². The van der Waals surface area contributed by atoms with Crippen molar-refractivity contribution in [3.8, 4) is 6.07 Å². The van der Waals surface area contributed by atoms with Crippen LogP contribution in [0.25, 0.3) is 0 Å². The summed E-state index contributed by atoms with van der Waals surface area (Å²) in [6, 6.07) is 8.11. The predicted octanol–water partition coefficient (Wildman–Crippen LogP) is 1.50. The van der Waals surface area contributed by atoms with Gasteiger partial charge >= 0.3 is 5.97 Å². The van der Waals surface area contributed by atoms with Crippen molar-refractivity contribution < 1.29 is 14.7 Å². The van der Waals surface area contributed by atoms with Crippen molar-refractivity contribution in [2.75, 3.05) is 13.1 Å². The Balaban J connectivity index is 2.87. The quantitative estimate of drug-likeness (QED) is 0.853. The summed E-state index contributed by atoms with van der Waals surface area (Å²) in [4.78, 5) is 24.0. The zero-order valence-corrected chi connectivity index (χ0v) is 10.1. The van der Waals surface area contributed by atoms with E-state index in [4.69, 9.17) is 10.4 Å². The largest absolute Gasteiger partial charge is 0.480 e. The second kappa shape index (κ2) is 6.40. The number of rotatable bonds is 5. The molecule has 1 aromatic rings. The van der Waals surface area contributed by atoms with Crippen LogP contribution in [0.4, 0.5) is 0 Å². The first-order valence-electron chi connectivity index (χ1n) is 5.59. The van der Waals surface area contributed by atoms with Gasteiger partial charge in [-0.05, 0) is 30.7 Å². The SMILES string of the molecule is CCCN(CC(=O)O)C(=O)c1ccc(C#N)cc1. The van der Waals surface area contributed by atoms with E-state index in [1.807, 2.05) is 13.0 Å². The fourth-order valence-electron chi connectivity index (χ4n) is 1.56. The van der Waals surface area contributed by atoms with Crippen molar-refractivity contribution in [1.82, 2.24) is 4.90 Å². The molecule has 0 spiro atoms. The van der Waals surface area contributed by atoms with Gasteiger partial charge in [0.2, 0.25) is 0 Å². The van der Waals surface area contributed by atoms with Gasteiger partial charge in [-0.25, -0.2) is 0 Å². The van der Waals surface area contributed by atoms with Crippen LogP contribution in [0.3, 0.4) is 0 Å². The van der Waals surface area contributed by atoms with Crippen LogP contribution in [-0.4, -0.2) is 35.0 Å². The molecule has 0 fully saturated rings. The third-order valence-electron chi connectivity index (χ3n) is 2.37. The van der Waals surface area contributed by atoms with E-state index in [9.17, 15) is 9.59 Å². The minimum absolute atomic E-state index is 0.313. The fourth-order valence-corrected chi connectivity index (χ4v) is 1.56. The molecule has 5 nitrogen and oxygen atoms in total. The maximum atomic E-state index is 12.0. The molecule has 0 bridgehead atoms. The van der Waals surface area contributed by atoms with Gasteiger partial charge in [0.1, 0.15) is 6.54 Å². The lowest BCUT2D eigenvalue weighted by molar-refractivity contribution is -0.137. The third-order valence-corrected chi connectivity index (χ3v) is 2.37. The highest BCUT2D eigenvalue weighted by Crippen LogP contribution is 2.07. The van der Waals surface area contributed by atoms with E-state index in [-0.39, 0.29) is 12.5 Å². The first-order valence-corrected chi connectivity index (χ1v) is 5.59. The molecule has 1 amide bonds. The Kier molecular flexibility index (Phi) is 4.88. The van der Waals surface area contributed by atoms with Gasteiger partial charge in [-0.2, -0.15) is 5.26 Å². The summed E-state index contributed by atoms with van der Waals surface area (Å²) in [6.07, 6.45) is 0.690. The van der Waals surface area contributed by atoms with Gasteiger partial charge in [0, 0.05) is 12.1 Å². The molecule has 18 heavy (non-hydrogen) atoms.